The quantitative estimate of drug-likeness (QED) is 0.408. The van der Waals surface area contributed by atoms with Crippen molar-refractivity contribution in [1.82, 2.24) is 10.3 Å². The van der Waals surface area contributed by atoms with Crippen LogP contribution < -0.4 is 20.3 Å². The molecule has 0 amide bonds. The first-order chi connectivity index (χ1) is 14.1. The van der Waals surface area contributed by atoms with E-state index in [0.29, 0.717) is 11.1 Å². The molecular formula is C20H21ClFN5S2. The molecule has 1 atom stereocenters. The highest BCUT2D eigenvalue weighted by Crippen LogP contribution is 2.35. The van der Waals surface area contributed by atoms with Crippen LogP contribution in [0.1, 0.15) is 6.42 Å². The summed E-state index contributed by atoms with van der Waals surface area (Å²) in [5.41, 5.74) is 4.25. The summed E-state index contributed by atoms with van der Waals surface area (Å²) in [6.45, 7) is 1.73. The lowest BCUT2D eigenvalue weighted by Crippen LogP contribution is -2.29. The second-order valence-electron chi connectivity index (χ2n) is 6.73. The molecule has 0 spiro atoms. The number of rotatable bonds is 7. The number of thiazole rings is 1. The smallest absolute Gasteiger partial charge is 0.147 e. The van der Waals surface area contributed by atoms with Crippen molar-refractivity contribution in [2.45, 2.75) is 17.4 Å². The Morgan fingerprint density at radius 1 is 1.24 bits per heavy atom. The lowest BCUT2D eigenvalue weighted by Gasteiger charge is -2.23. The molecule has 0 saturated carbocycles. The summed E-state index contributed by atoms with van der Waals surface area (Å²) >= 11 is 9.50. The van der Waals surface area contributed by atoms with Gasteiger partial charge in [-0.3, -0.25) is 0 Å². The zero-order valence-corrected chi connectivity index (χ0v) is 18.2. The number of benzene rings is 2. The van der Waals surface area contributed by atoms with Gasteiger partial charge in [-0.15, -0.1) is 11.3 Å². The number of likely N-dealkylation sites (N-methyl/N-ethyl adjacent to an activating group) is 1. The minimum absolute atomic E-state index is 0.246. The second-order valence-corrected chi connectivity index (χ2v) is 8.73. The van der Waals surface area contributed by atoms with Crippen LogP contribution >= 0.6 is 34.9 Å². The Morgan fingerprint density at radius 3 is 2.83 bits per heavy atom. The summed E-state index contributed by atoms with van der Waals surface area (Å²) in [6, 6.07) is 11.0. The summed E-state index contributed by atoms with van der Waals surface area (Å²) in [4.78, 5) is 7.37. The van der Waals surface area contributed by atoms with Crippen LogP contribution in [0.25, 0.3) is 0 Å². The zero-order chi connectivity index (χ0) is 20.2. The van der Waals surface area contributed by atoms with Gasteiger partial charge in [-0.05, 0) is 61.8 Å². The van der Waals surface area contributed by atoms with Gasteiger partial charge in [0.1, 0.15) is 11.6 Å². The summed E-state index contributed by atoms with van der Waals surface area (Å²) < 4.78 is 17.1. The number of aromatic nitrogens is 1. The van der Waals surface area contributed by atoms with E-state index in [1.807, 2.05) is 30.6 Å². The molecule has 1 saturated heterocycles. The molecule has 29 heavy (non-hydrogen) atoms. The first-order valence-electron chi connectivity index (χ1n) is 9.22. The Bertz CT molecular complexity index is 970. The number of halogens is 2. The van der Waals surface area contributed by atoms with Gasteiger partial charge in [0.2, 0.25) is 0 Å². The number of hydrogen-bond donors (Lipinski definition) is 3. The van der Waals surface area contributed by atoms with Crippen molar-refractivity contribution in [2.75, 3.05) is 35.1 Å². The minimum atomic E-state index is -0.246. The van der Waals surface area contributed by atoms with Crippen molar-refractivity contribution in [1.29, 1.82) is 0 Å². The highest BCUT2D eigenvalue weighted by atomic mass is 35.5. The predicted octanol–water partition coefficient (Wildman–Crippen LogP) is 5.60. The van der Waals surface area contributed by atoms with Gasteiger partial charge in [-0.25, -0.2) is 9.37 Å². The number of nitrogens with zero attached hydrogens (tertiary/aromatic N) is 2. The molecule has 152 valence electrons. The summed E-state index contributed by atoms with van der Waals surface area (Å²) in [5.74, 6) is 0.573. The Morgan fingerprint density at radius 2 is 2.10 bits per heavy atom. The van der Waals surface area contributed by atoms with E-state index < -0.39 is 0 Å². The lowest BCUT2D eigenvalue weighted by atomic mass is 10.2. The third-order valence-corrected chi connectivity index (χ3v) is 6.51. The molecule has 0 bridgehead atoms. The average Bonchev–Trinajstić information content (AvgIpc) is 3.41. The van der Waals surface area contributed by atoms with Crippen LogP contribution in [0.3, 0.4) is 0 Å². The van der Waals surface area contributed by atoms with E-state index in [-0.39, 0.29) is 5.82 Å². The molecule has 1 aliphatic rings. The van der Waals surface area contributed by atoms with Gasteiger partial charge in [-0.2, -0.15) is 0 Å². The molecule has 1 unspecified atom stereocenters. The van der Waals surface area contributed by atoms with Crippen LogP contribution in [-0.2, 0) is 0 Å². The zero-order valence-electron chi connectivity index (χ0n) is 15.8. The molecule has 2 heterocycles. The van der Waals surface area contributed by atoms with Gasteiger partial charge >= 0.3 is 0 Å². The number of hydrogen-bond acceptors (Lipinski definition) is 7. The van der Waals surface area contributed by atoms with Crippen LogP contribution in [0.5, 0.6) is 0 Å². The van der Waals surface area contributed by atoms with Crippen LogP contribution in [-0.4, -0.2) is 31.2 Å². The molecule has 2 aromatic carbocycles. The Kier molecular flexibility index (Phi) is 6.44. The highest BCUT2D eigenvalue weighted by molar-refractivity contribution is 8.00. The predicted molar refractivity (Wildman–Crippen MR) is 122 cm³/mol. The van der Waals surface area contributed by atoms with Crippen LogP contribution in [0, 0.1) is 5.82 Å². The molecule has 9 heteroatoms. The van der Waals surface area contributed by atoms with Crippen LogP contribution in [0.15, 0.2) is 52.2 Å². The van der Waals surface area contributed by atoms with Gasteiger partial charge < -0.3 is 20.3 Å². The highest BCUT2D eigenvalue weighted by Gasteiger charge is 2.23. The largest absolute Gasteiger partial charge is 0.368 e. The maximum Gasteiger partial charge on any atom is 0.147 e. The molecule has 1 aromatic heterocycles. The van der Waals surface area contributed by atoms with E-state index in [2.05, 4.69) is 25.2 Å². The maximum absolute atomic E-state index is 13.9. The first kappa shape index (κ1) is 20.3. The lowest BCUT2D eigenvalue weighted by molar-refractivity contribution is 0.615. The summed E-state index contributed by atoms with van der Waals surface area (Å²) in [6.07, 6.45) is 1.03. The average molecular weight is 450 g/mol. The van der Waals surface area contributed by atoms with Crippen molar-refractivity contribution < 1.29 is 4.39 Å². The van der Waals surface area contributed by atoms with Crippen molar-refractivity contribution in [2.24, 2.45) is 0 Å². The third kappa shape index (κ3) is 4.95. The molecule has 3 aromatic rings. The topological polar surface area (TPSA) is 52.2 Å². The van der Waals surface area contributed by atoms with Crippen molar-refractivity contribution >= 4 is 57.8 Å². The fraction of sp³-hybridized carbons (Fsp3) is 0.250. The summed E-state index contributed by atoms with van der Waals surface area (Å²) in [5, 5.41) is 9.21. The van der Waals surface area contributed by atoms with E-state index in [4.69, 9.17) is 11.6 Å². The Hall–Kier alpha value is -2.00. The molecule has 0 radical (unpaired) electrons. The van der Waals surface area contributed by atoms with E-state index in [9.17, 15) is 4.39 Å². The SMILES string of the molecule is CNC1CCN(c2cc(F)ccc2Nc2ccc(SNc3cscn3)cc2Cl)C1. The fourth-order valence-electron chi connectivity index (χ4n) is 3.27. The molecule has 1 aliphatic heterocycles. The molecule has 3 N–H and O–H groups in total. The summed E-state index contributed by atoms with van der Waals surface area (Å²) in [7, 11) is 1.96. The molecule has 4 rings (SSSR count). The molecule has 0 aliphatic carbocycles. The standard InChI is InChI=1S/C20H21ClFN5S2/c1-23-14-6-7-27(10-14)19-8-13(22)2-4-18(19)25-17-5-3-15(9-16(17)21)29-26-20-11-28-12-24-20/h2-5,8-9,11-12,14,23,25-26H,6-7,10H2,1H3. The number of anilines is 4. The van der Waals surface area contributed by atoms with Gasteiger partial charge in [0.15, 0.2) is 0 Å². The van der Waals surface area contributed by atoms with Gasteiger partial charge in [0.05, 0.1) is 27.6 Å². The monoisotopic (exact) mass is 449 g/mol. The molecule has 1 fully saturated rings. The van der Waals surface area contributed by atoms with Gasteiger partial charge in [-0.1, -0.05) is 11.6 Å². The van der Waals surface area contributed by atoms with Crippen LogP contribution in [0.4, 0.5) is 27.3 Å². The minimum Gasteiger partial charge on any atom is -0.368 e. The Labute approximate surface area is 182 Å². The normalized spacial score (nSPS) is 16.2. The van der Waals surface area contributed by atoms with Crippen molar-refractivity contribution in [3.8, 4) is 0 Å². The second kappa shape index (κ2) is 9.21. The van der Waals surface area contributed by atoms with E-state index >= 15 is 0 Å². The first-order valence-corrected chi connectivity index (χ1v) is 11.4. The number of nitrogens with one attached hydrogen (secondary N) is 3. The third-order valence-electron chi connectivity index (χ3n) is 4.81. The van der Waals surface area contributed by atoms with E-state index in [0.717, 1.165) is 47.3 Å². The van der Waals surface area contributed by atoms with E-state index in [1.165, 1.54) is 29.4 Å². The molecule has 5 nitrogen and oxygen atoms in total. The van der Waals surface area contributed by atoms with Gasteiger partial charge in [0, 0.05) is 29.4 Å². The van der Waals surface area contributed by atoms with Crippen molar-refractivity contribution in [3.05, 3.63) is 58.1 Å². The molecular weight excluding hydrogens is 429 g/mol. The maximum atomic E-state index is 13.9. The Balaban J connectivity index is 1.50. The fourth-order valence-corrected chi connectivity index (χ4v) is 4.76. The van der Waals surface area contributed by atoms with Gasteiger partial charge in [0.25, 0.3) is 0 Å². The van der Waals surface area contributed by atoms with Crippen LogP contribution in [0.2, 0.25) is 5.02 Å². The van der Waals surface area contributed by atoms with Crippen molar-refractivity contribution in [3.63, 3.8) is 0 Å². The van der Waals surface area contributed by atoms with E-state index in [1.54, 1.807) is 17.6 Å².